The van der Waals surface area contributed by atoms with E-state index in [4.69, 9.17) is 23.2 Å². The standard InChI is InChI=1S/C7H5BrCl2OS/c8-4-3-6(12-7(4)10)5(11)1-2-9/h3H,1-2H2. The molecule has 66 valence electrons. The third-order valence-corrected chi connectivity index (χ3v) is 3.95. The summed E-state index contributed by atoms with van der Waals surface area (Å²) in [6.45, 7) is 0. The van der Waals surface area contributed by atoms with Gasteiger partial charge in [0.25, 0.3) is 0 Å². The maximum absolute atomic E-state index is 11.3. The second-order valence-electron chi connectivity index (χ2n) is 2.09. The molecule has 0 atom stereocenters. The van der Waals surface area contributed by atoms with Crippen molar-refractivity contribution in [3.05, 3.63) is 19.8 Å². The number of halogens is 3. The predicted molar refractivity (Wildman–Crippen MR) is 56.7 cm³/mol. The van der Waals surface area contributed by atoms with E-state index in [1.54, 1.807) is 6.07 Å². The first-order valence-corrected chi connectivity index (χ1v) is 5.71. The minimum Gasteiger partial charge on any atom is -0.293 e. The van der Waals surface area contributed by atoms with Gasteiger partial charge in [-0.25, -0.2) is 0 Å². The zero-order valence-corrected chi connectivity index (χ0v) is 9.86. The minimum atomic E-state index is 0.0441. The molecule has 0 spiro atoms. The molecule has 0 aliphatic heterocycles. The van der Waals surface area contributed by atoms with Crippen molar-refractivity contribution in [2.24, 2.45) is 0 Å². The highest BCUT2D eigenvalue weighted by Crippen LogP contribution is 2.32. The molecule has 5 heteroatoms. The van der Waals surface area contributed by atoms with Gasteiger partial charge in [0.15, 0.2) is 5.78 Å². The SMILES string of the molecule is O=C(CCCl)c1cc(Br)c(Cl)s1. The van der Waals surface area contributed by atoms with Gasteiger partial charge in [-0.05, 0) is 22.0 Å². The smallest absolute Gasteiger partial charge is 0.174 e. The molecular formula is C7H5BrCl2OS. The van der Waals surface area contributed by atoms with E-state index in [-0.39, 0.29) is 5.78 Å². The normalized spacial score (nSPS) is 10.2. The van der Waals surface area contributed by atoms with Crippen LogP contribution in [0.3, 0.4) is 0 Å². The lowest BCUT2D eigenvalue weighted by Gasteiger charge is -1.89. The third kappa shape index (κ3) is 2.46. The quantitative estimate of drug-likeness (QED) is 0.607. The van der Waals surface area contributed by atoms with Crippen LogP contribution in [0.1, 0.15) is 16.1 Å². The van der Waals surface area contributed by atoms with Gasteiger partial charge in [0.2, 0.25) is 0 Å². The Bertz CT molecular complexity index is 278. The lowest BCUT2D eigenvalue weighted by Crippen LogP contribution is -1.95. The van der Waals surface area contributed by atoms with Crippen LogP contribution in [0.25, 0.3) is 0 Å². The molecule has 1 heterocycles. The molecule has 0 saturated carbocycles. The number of Topliss-reactive ketones (excluding diaryl/α,β-unsaturated/α-hetero) is 1. The molecule has 0 amide bonds. The molecule has 0 bridgehead atoms. The van der Waals surface area contributed by atoms with E-state index in [0.29, 0.717) is 21.5 Å². The first-order valence-electron chi connectivity index (χ1n) is 3.19. The highest BCUT2D eigenvalue weighted by Gasteiger charge is 2.10. The first kappa shape index (κ1) is 10.5. The van der Waals surface area contributed by atoms with Crippen molar-refractivity contribution in [1.82, 2.24) is 0 Å². The highest BCUT2D eigenvalue weighted by molar-refractivity contribution is 9.10. The highest BCUT2D eigenvalue weighted by atomic mass is 79.9. The zero-order chi connectivity index (χ0) is 9.14. The maximum atomic E-state index is 11.3. The van der Waals surface area contributed by atoms with Gasteiger partial charge in [0.1, 0.15) is 4.34 Å². The minimum absolute atomic E-state index is 0.0441. The van der Waals surface area contributed by atoms with Gasteiger partial charge in [-0.1, -0.05) is 11.6 Å². The summed E-state index contributed by atoms with van der Waals surface area (Å²) < 4.78 is 1.38. The van der Waals surface area contributed by atoms with Crippen molar-refractivity contribution in [2.45, 2.75) is 6.42 Å². The van der Waals surface area contributed by atoms with E-state index in [9.17, 15) is 4.79 Å². The number of alkyl halides is 1. The summed E-state index contributed by atoms with van der Waals surface area (Å²) in [5.74, 6) is 0.397. The Morgan fingerprint density at radius 1 is 1.67 bits per heavy atom. The lowest BCUT2D eigenvalue weighted by molar-refractivity contribution is 0.0993. The summed E-state index contributed by atoms with van der Waals surface area (Å²) in [4.78, 5) is 11.9. The van der Waals surface area contributed by atoms with E-state index in [1.165, 1.54) is 11.3 Å². The van der Waals surface area contributed by atoms with Crippen molar-refractivity contribution < 1.29 is 4.79 Å². The summed E-state index contributed by atoms with van der Waals surface area (Å²) >= 11 is 15.7. The molecule has 1 aromatic heterocycles. The van der Waals surface area contributed by atoms with Crippen LogP contribution in [0, 0.1) is 0 Å². The number of thiophene rings is 1. The van der Waals surface area contributed by atoms with Gasteiger partial charge >= 0.3 is 0 Å². The first-order chi connectivity index (χ1) is 5.65. The number of rotatable bonds is 3. The van der Waals surface area contributed by atoms with Crippen molar-refractivity contribution >= 4 is 56.3 Å². The molecule has 0 unspecified atom stereocenters. The molecule has 0 fully saturated rings. The van der Waals surface area contributed by atoms with Crippen LogP contribution in [-0.2, 0) is 0 Å². The van der Waals surface area contributed by atoms with E-state index in [1.807, 2.05) is 0 Å². The van der Waals surface area contributed by atoms with Crippen molar-refractivity contribution in [2.75, 3.05) is 5.88 Å². The fourth-order valence-electron chi connectivity index (χ4n) is 0.693. The number of carbonyl (C=O) groups is 1. The Morgan fingerprint density at radius 3 is 2.75 bits per heavy atom. The summed E-state index contributed by atoms with van der Waals surface area (Å²) in [5, 5.41) is 0. The Kier molecular flexibility index (Phi) is 4.03. The van der Waals surface area contributed by atoms with Crippen molar-refractivity contribution in [1.29, 1.82) is 0 Å². The monoisotopic (exact) mass is 286 g/mol. The van der Waals surface area contributed by atoms with Gasteiger partial charge in [-0.15, -0.1) is 22.9 Å². The summed E-state index contributed by atoms with van der Waals surface area (Å²) in [6, 6.07) is 1.72. The molecule has 12 heavy (non-hydrogen) atoms. The average molecular weight is 288 g/mol. The van der Waals surface area contributed by atoms with E-state index in [0.717, 1.165) is 4.47 Å². The van der Waals surface area contributed by atoms with Gasteiger partial charge in [-0.3, -0.25) is 4.79 Å². The summed E-state index contributed by atoms with van der Waals surface area (Å²) in [5.41, 5.74) is 0. The zero-order valence-electron chi connectivity index (χ0n) is 5.94. The fraction of sp³-hybridized carbons (Fsp3) is 0.286. The summed E-state index contributed by atoms with van der Waals surface area (Å²) in [6.07, 6.45) is 0.366. The maximum Gasteiger partial charge on any atom is 0.174 e. The molecule has 1 rings (SSSR count). The second-order valence-corrected chi connectivity index (χ2v) is 4.98. The second kappa shape index (κ2) is 4.61. The number of hydrogen-bond donors (Lipinski definition) is 0. The largest absolute Gasteiger partial charge is 0.293 e. The Morgan fingerprint density at radius 2 is 2.33 bits per heavy atom. The van der Waals surface area contributed by atoms with Crippen LogP contribution in [-0.4, -0.2) is 11.7 Å². The van der Waals surface area contributed by atoms with Gasteiger partial charge < -0.3 is 0 Å². The van der Waals surface area contributed by atoms with Crippen molar-refractivity contribution in [3.8, 4) is 0 Å². The Balaban J connectivity index is 2.82. The van der Waals surface area contributed by atoms with E-state index in [2.05, 4.69) is 15.9 Å². The van der Waals surface area contributed by atoms with Crippen LogP contribution >= 0.6 is 50.5 Å². The molecule has 0 aliphatic rings. The number of ketones is 1. The Labute approximate surface area is 92.8 Å². The molecule has 1 aromatic rings. The molecule has 0 radical (unpaired) electrons. The molecule has 1 nitrogen and oxygen atoms in total. The molecule has 0 N–H and O–H groups in total. The van der Waals surface area contributed by atoms with E-state index < -0.39 is 0 Å². The van der Waals surface area contributed by atoms with Crippen LogP contribution in [0.5, 0.6) is 0 Å². The van der Waals surface area contributed by atoms with Crippen LogP contribution in [0.2, 0.25) is 4.34 Å². The van der Waals surface area contributed by atoms with E-state index >= 15 is 0 Å². The third-order valence-electron chi connectivity index (χ3n) is 1.24. The lowest BCUT2D eigenvalue weighted by atomic mass is 10.3. The van der Waals surface area contributed by atoms with Crippen LogP contribution < -0.4 is 0 Å². The summed E-state index contributed by atoms with van der Waals surface area (Å²) in [7, 11) is 0. The fourth-order valence-corrected chi connectivity index (χ4v) is 2.53. The number of hydrogen-bond acceptors (Lipinski definition) is 2. The van der Waals surface area contributed by atoms with Crippen molar-refractivity contribution in [3.63, 3.8) is 0 Å². The number of carbonyl (C=O) groups excluding carboxylic acids is 1. The molecule has 0 saturated heterocycles. The van der Waals surface area contributed by atoms with Crippen LogP contribution in [0.15, 0.2) is 10.5 Å². The molecule has 0 aliphatic carbocycles. The molecular weight excluding hydrogens is 283 g/mol. The van der Waals surface area contributed by atoms with Crippen LogP contribution in [0.4, 0.5) is 0 Å². The topological polar surface area (TPSA) is 17.1 Å². The van der Waals surface area contributed by atoms with Gasteiger partial charge in [-0.2, -0.15) is 0 Å². The van der Waals surface area contributed by atoms with Gasteiger partial charge in [0.05, 0.1) is 4.88 Å². The van der Waals surface area contributed by atoms with Gasteiger partial charge in [0, 0.05) is 16.8 Å². The Hall–Kier alpha value is 0.430. The predicted octanol–water partition coefficient (Wildman–Crippen LogP) is 3.98. The molecule has 0 aromatic carbocycles. The average Bonchev–Trinajstić information content (AvgIpc) is 2.33.